The van der Waals surface area contributed by atoms with Gasteiger partial charge < -0.3 is 4.90 Å². The molecule has 0 N–H and O–H groups in total. The van der Waals surface area contributed by atoms with E-state index in [1.165, 1.54) is 38.5 Å². The van der Waals surface area contributed by atoms with Crippen LogP contribution in [0.25, 0.3) is 0 Å². The van der Waals surface area contributed by atoms with Crippen molar-refractivity contribution >= 4 is 5.78 Å². The summed E-state index contributed by atoms with van der Waals surface area (Å²) < 4.78 is 0. The monoisotopic (exact) mass is 301 g/mol. The molecular weight excluding hydrogens is 270 g/mol. The van der Waals surface area contributed by atoms with E-state index in [9.17, 15) is 4.79 Å². The first-order chi connectivity index (χ1) is 10.4. The third kappa shape index (κ3) is 2.17. The van der Waals surface area contributed by atoms with Crippen LogP contribution >= 0.6 is 0 Å². The summed E-state index contributed by atoms with van der Waals surface area (Å²) in [4.78, 5) is 15.1. The van der Waals surface area contributed by atoms with Gasteiger partial charge in [-0.25, -0.2) is 0 Å². The number of carbonyl (C=O) groups is 1. The van der Waals surface area contributed by atoms with Crippen molar-refractivity contribution in [3.05, 3.63) is 11.8 Å². The topological polar surface area (TPSA) is 20.3 Å². The van der Waals surface area contributed by atoms with Crippen molar-refractivity contribution in [2.24, 2.45) is 23.2 Å². The van der Waals surface area contributed by atoms with Crippen LogP contribution in [0, 0.1) is 23.2 Å². The third-order valence-electron chi connectivity index (χ3n) is 7.23. The predicted octanol–water partition coefficient (Wildman–Crippen LogP) is 4.55. The second-order valence-electron chi connectivity index (χ2n) is 9.29. The highest BCUT2D eigenvalue weighted by atomic mass is 16.1. The normalized spacial score (nSPS) is 42.4. The molecule has 22 heavy (non-hydrogen) atoms. The van der Waals surface area contributed by atoms with Gasteiger partial charge in [-0.1, -0.05) is 20.8 Å². The Morgan fingerprint density at radius 3 is 2.18 bits per heavy atom. The quantitative estimate of drug-likeness (QED) is 0.762. The largest absolute Gasteiger partial charge is 0.371 e. The molecule has 2 heteroatoms. The first-order valence-corrected chi connectivity index (χ1v) is 9.44. The lowest BCUT2D eigenvalue weighted by Gasteiger charge is -2.61. The van der Waals surface area contributed by atoms with Crippen LogP contribution in [0.2, 0.25) is 0 Å². The number of rotatable bonds is 3. The Labute approximate surface area is 135 Å². The molecule has 4 saturated carbocycles. The number of hydrogen-bond donors (Lipinski definition) is 0. The van der Waals surface area contributed by atoms with E-state index in [1.807, 2.05) is 6.92 Å². The molecule has 0 saturated heterocycles. The minimum atomic E-state index is 0.0614. The molecule has 4 aliphatic carbocycles. The maximum Gasteiger partial charge on any atom is 0.160 e. The van der Waals surface area contributed by atoms with Gasteiger partial charge in [-0.05, 0) is 68.1 Å². The zero-order chi connectivity index (χ0) is 15.5. The second-order valence-corrected chi connectivity index (χ2v) is 9.29. The number of carbonyl (C=O) groups excluding carboxylic acids is 1. The molecule has 4 fully saturated rings. The maximum atomic E-state index is 12.5. The number of ketones is 1. The molecule has 0 amide bonds. The smallest absolute Gasteiger partial charge is 0.160 e. The zero-order valence-corrected chi connectivity index (χ0v) is 14.5. The van der Waals surface area contributed by atoms with E-state index in [1.54, 1.807) is 0 Å². The maximum absolute atomic E-state index is 12.5. The van der Waals surface area contributed by atoms with Crippen LogP contribution in [0.5, 0.6) is 0 Å². The SMILES string of the molecule is CCC(=O)C1=CN(C23CC4CC(CC(C4)C2)C3)CCC1(C)C. The molecule has 5 rings (SSSR count). The lowest BCUT2D eigenvalue weighted by Crippen LogP contribution is -2.59. The molecule has 0 radical (unpaired) electrons. The lowest BCUT2D eigenvalue weighted by atomic mass is 9.52. The highest BCUT2D eigenvalue weighted by Gasteiger charge is 2.54. The van der Waals surface area contributed by atoms with Crippen LogP contribution < -0.4 is 0 Å². The molecule has 0 spiro atoms. The van der Waals surface area contributed by atoms with Crippen molar-refractivity contribution < 1.29 is 4.79 Å². The molecule has 1 heterocycles. The van der Waals surface area contributed by atoms with Gasteiger partial charge in [0, 0.05) is 30.3 Å². The Balaban J connectivity index is 1.66. The lowest BCUT2D eigenvalue weighted by molar-refractivity contribution is -0.117. The summed E-state index contributed by atoms with van der Waals surface area (Å²) in [6, 6.07) is 0. The Kier molecular flexibility index (Phi) is 3.26. The fourth-order valence-corrected chi connectivity index (χ4v) is 6.36. The van der Waals surface area contributed by atoms with E-state index in [0.717, 1.165) is 36.3 Å². The minimum Gasteiger partial charge on any atom is -0.371 e. The predicted molar refractivity (Wildman–Crippen MR) is 89.4 cm³/mol. The van der Waals surface area contributed by atoms with Gasteiger partial charge in [0.2, 0.25) is 0 Å². The van der Waals surface area contributed by atoms with Crippen LogP contribution in [0.3, 0.4) is 0 Å². The molecule has 122 valence electrons. The summed E-state index contributed by atoms with van der Waals surface area (Å²) in [6.45, 7) is 7.66. The Morgan fingerprint density at radius 1 is 1.14 bits per heavy atom. The van der Waals surface area contributed by atoms with Crippen LogP contribution in [0.4, 0.5) is 0 Å². The van der Waals surface area contributed by atoms with E-state index in [-0.39, 0.29) is 5.41 Å². The fourth-order valence-electron chi connectivity index (χ4n) is 6.36. The van der Waals surface area contributed by atoms with Crippen LogP contribution in [0.15, 0.2) is 11.8 Å². The van der Waals surface area contributed by atoms with Crippen molar-refractivity contribution in [1.29, 1.82) is 0 Å². The molecule has 0 aromatic rings. The van der Waals surface area contributed by atoms with Gasteiger partial charge in [-0.2, -0.15) is 0 Å². The Hall–Kier alpha value is -0.790. The zero-order valence-electron chi connectivity index (χ0n) is 14.5. The summed E-state index contributed by atoms with van der Waals surface area (Å²) >= 11 is 0. The third-order valence-corrected chi connectivity index (χ3v) is 7.23. The first kappa shape index (κ1) is 14.8. The molecule has 1 aliphatic heterocycles. The van der Waals surface area contributed by atoms with Crippen LogP contribution in [-0.2, 0) is 4.79 Å². The molecular formula is C20H31NO. The molecule has 0 aromatic heterocycles. The number of allylic oxidation sites excluding steroid dienone is 1. The molecule has 2 nitrogen and oxygen atoms in total. The van der Waals surface area contributed by atoms with Gasteiger partial charge in [0.1, 0.15) is 0 Å². The van der Waals surface area contributed by atoms with Gasteiger partial charge in [-0.15, -0.1) is 0 Å². The summed E-state index contributed by atoms with van der Waals surface area (Å²) in [5.74, 6) is 3.28. The second kappa shape index (κ2) is 4.85. The van der Waals surface area contributed by atoms with Gasteiger partial charge in [0.05, 0.1) is 0 Å². The standard InChI is InChI=1S/C20H31NO/c1-4-18(22)17-13-21(6-5-19(17,2)3)20-10-14-7-15(11-20)9-16(8-14)12-20/h13-16H,4-12H2,1-3H3. The van der Waals surface area contributed by atoms with Crippen molar-refractivity contribution in [3.8, 4) is 0 Å². The van der Waals surface area contributed by atoms with Crippen LogP contribution in [-0.4, -0.2) is 22.8 Å². The number of Topliss-reactive ketones (excluding diaryl/α,β-unsaturated/α-hetero) is 1. The van der Waals surface area contributed by atoms with E-state index in [4.69, 9.17) is 0 Å². The molecule has 0 atom stereocenters. The Morgan fingerprint density at radius 2 is 1.68 bits per heavy atom. The Bertz CT molecular complexity index is 481. The van der Waals surface area contributed by atoms with E-state index in [2.05, 4.69) is 24.9 Å². The fraction of sp³-hybridized carbons (Fsp3) is 0.850. The molecule has 4 bridgehead atoms. The van der Waals surface area contributed by atoms with Gasteiger partial charge in [0.15, 0.2) is 5.78 Å². The average molecular weight is 301 g/mol. The average Bonchev–Trinajstić information content (AvgIpc) is 2.44. The van der Waals surface area contributed by atoms with E-state index >= 15 is 0 Å². The molecule has 0 aromatic carbocycles. The highest BCUT2D eigenvalue weighted by Crippen LogP contribution is 2.58. The van der Waals surface area contributed by atoms with Crippen molar-refractivity contribution in [1.82, 2.24) is 4.90 Å². The van der Waals surface area contributed by atoms with Gasteiger partial charge in [-0.3, -0.25) is 4.79 Å². The van der Waals surface area contributed by atoms with E-state index < -0.39 is 0 Å². The first-order valence-electron chi connectivity index (χ1n) is 9.44. The van der Waals surface area contributed by atoms with Gasteiger partial charge >= 0.3 is 0 Å². The summed E-state index contributed by atoms with van der Waals surface area (Å²) in [6.07, 6.45) is 12.7. The summed E-state index contributed by atoms with van der Waals surface area (Å²) in [5.41, 5.74) is 1.56. The molecule has 0 unspecified atom stereocenters. The number of nitrogens with zero attached hydrogens (tertiary/aromatic N) is 1. The highest BCUT2D eigenvalue weighted by molar-refractivity contribution is 5.96. The minimum absolute atomic E-state index is 0.0614. The van der Waals surface area contributed by atoms with Crippen molar-refractivity contribution in [2.45, 2.75) is 77.7 Å². The van der Waals surface area contributed by atoms with Crippen LogP contribution in [0.1, 0.15) is 72.1 Å². The van der Waals surface area contributed by atoms with E-state index in [0.29, 0.717) is 17.7 Å². The van der Waals surface area contributed by atoms with Crippen molar-refractivity contribution in [2.75, 3.05) is 6.54 Å². The van der Waals surface area contributed by atoms with Crippen molar-refractivity contribution in [3.63, 3.8) is 0 Å². The summed E-state index contributed by atoms with van der Waals surface area (Å²) in [7, 11) is 0. The van der Waals surface area contributed by atoms with Gasteiger partial charge in [0.25, 0.3) is 0 Å². The number of hydrogen-bond acceptors (Lipinski definition) is 2. The molecule has 5 aliphatic rings. The summed E-state index contributed by atoms with van der Waals surface area (Å²) in [5, 5.41) is 0.